The van der Waals surface area contributed by atoms with Crippen LogP contribution < -0.4 is 15.4 Å². The summed E-state index contributed by atoms with van der Waals surface area (Å²) >= 11 is 0. The van der Waals surface area contributed by atoms with Crippen molar-refractivity contribution in [3.8, 4) is 5.75 Å². The molecule has 2 aromatic carbocycles. The molecular weight excluding hydrogens is 503 g/mol. The molecular formula is C24H35IN4O2. The highest BCUT2D eigenvalue weighted by molar-refractivity contribution is 14.0. The molecule has 0 bridgehead atoms. The molecule has 2 aromatic rings. The number of rotatable bonds is 8. The van der Waals surface area contributed by atoms with Crippen molar-refractivity contribution in [2.24, 2.45) is 4.99 Å². The van der Waals surface area contributed by atoms with Crippen LogP contribution >= 0.6 is 24.0 Å². The molecule has 0 radical (unpaired) electrons. The Kier molecular flexibility index (Phi) is 11.1. The Morgan fingerprint density at radius 2 is 1.90 bits per heavy atom. The molecule has 7 heteroatoms. The Balaban J connectivity index is 0.00000341. The third kappa shape index (κ3) is 8.66. The summed E-state index contributed by atoms with van der Waals surface area (Å²) in [4.78, 5) is 6.80. The van der Waals surface area contributed by atoms with Gasteiger partial charge in [-0.05, 0) is 42.2 Å². The molecule has 1 fully saturated rings. The van der Waals surface area contributed by atoms with Crippen LogP contribution in [0.15, 0.2) is 53.5 Å². The second-order valence-corrected chi connectivity index (χ2v) is 7.69. The van der Waals surface area contributed by atoms with Crippen molar-refractivity contribution in [3.63, 3.8) is 0 Å². The first-order valence-electron chi connectivity index (χ1n) is 10.7. The van der Waals surface area contributed by atoms with Gasteiger partial charge in [0.15, 0.2) is 5.96 Å². The Morgan fingerprint density at radius 1 is 1.13 bits per heavy atom. The number of nitrogens with zero attached hydrogens (tertiary/aromatic N) is 2. The molecule has 1 aliphatic rings. The fraction of sp³-hybridized carbons (Fsp3) is 0.458. The monoisotopic (exact) mass is 538 g/mol. The predicted octanol–water partition coefficient (Wildman–Crippen LogP) is 3.44. The average molecular weight is 538 g/mol. The van der Waals surface area contributed by atoms with E-state index in [1.807, 2.05) is 12.1 Å². The van der Waals surface area contributed by atoms with Crippen LogP contribution in [0.3, 0.4) is 0 Å². The van der Waals surface area contributed by atoms with Gasteiger partial charge in [-0.3, -0.25) is 9.89 Å². The van der Waals surface area contributed by atoms with E-state index in [1.54, 1.807) is 14.2 Å². The van der Waals surface area contributed by atoms with Gasteiger partial charge in [0.2, 0.25) is 0 Å². The standard InChI is InChI=1S/C24H34N4O2.HI/c1-19-17-28(13-14-30-19)18-22-6-4-5-21(15-22)16-27-24(25-2)26-12-11-20-7-9-23(29-3)10-8-20;/h4-10,15,19H,11-14,16-18H2,1-3H3,(H2,25,26,27);1H. The number of nitrogens with one attached hydrogen (secondary N) is 2. The summed E-state index contributed by atoms with van der Waals surface area (Å²) in [5.41, 5.74) is 3.86. The molecule has 0 amide bonds. The van der Waals surface area contributed by atoms with E-state index >= 15 is 0 Å². The number of guanidine groups is 1. The van der Waals surface area contributed by atoms with Crippen molar-refractivity contribution in [2.75, 3.05) is 40.4 Å². The SMILES string of the molecule is CN=C(NCCc1ccc(OC)cc1)NCc1cccc(CN2CCOC(C)C2)c1.I. The van der Waals surface area contributed by atoms with Gasteiger partial charge in [0.1, 0.15) is 5.75 Å². The lowest BCUT2D eigenvalue weighted by Crippen LogP contribution is -2.40. The van der Waals surface area contributed by atoms with E-state index in [9.17, 15) is 0 Å². The summed E-state index contributed by atoms with van der Waals surface area (Å²) in [5.74, 6) is 1.70. The van der Waals surface area contributed by atoms with Crippen LogP contribution in [0, 0.1) is 0 Å². The number of ether oxygens (including phenoxy) is 2. The molecule has 31 heavy (non-hydrogen) atoms. The van der Waals surface area contributed by atoms with Gasteiger partial charge in [-0.15, -0.1) is 24.0 Å². The highest BCUT2D eigenvalue weighted by Gasteiger charge is 2.16. The molecule has 0 saturated carbocycles. The van der Waals surface area contributed by atoms with Gasteiger partial charge in [0.05, 0.1) is 19.8 Å². The lowest BCUT2D eigenvalue weighted by atomic mass is 10.1. The maximum Gasteiger partial charge on any atom is 0.191 e. The number of hydrogen-bond donors (Lipinski definition) is 2. The topological polar surface area (TPSA) is 58.1 Å². The second kappa shape index (κ2) is 13.5. The molecule has 1 saturated heterocycles. The lowest BCUT2D eigenvalue weighted by Gasteiger charge is -2.31. The smallest absolute Gasteiger partial charge is 0.191 e. The third-order valence-electron chi connectivity index (χ3n) is 5.27. The van der Waals surface area contributed by atoms with Crippen LogP contribution in [0.2, 0.25) is 0 Å². The fourth-order valence-corrected chi connectivity index (χ4v) is 3.65. The average Bonchev–Trinajstić information content (AvgIpc) is 2.77. The second-order valence-electron chi connectivity index (χ2n) is 7.69. The molecule has 1 aliphatic heterocycles. The van der Waals surface area contributed by atoms with E-state index < -0.39 is 0 Å². The van der Waals surface area contributed by atoms with Gasteiger partial charge in [0, 0.05) is 39.8 Å². The fourth-order valence-electron chi connectivity index (χ4n) is 3.65. The van der Waals surface area contributed by atoms with E-state index in [1.165, 1.54) is 16.7 Å². The molecule has 170 valence electrons. The summed E-state index contributed by atoms with van der Waals surface area (Å²) in [6.07, 6.45) is 1.24. The summed E-state index contributed by atoms with van der Waals surface area (Å²) in [6.45, 7) is 7.48. The van der Waals surface area contributed by atoms with E-state index in [0.29, 0.717) is 6.10 Å². The molecule has 0 aliphatic carbocycles. The molecule has 1 unspecified atom stereocenters. The summed E-state index contributed by atoms with van der Waals surface area (Å²) in [6, 6.07) is 16.9. The zero-order valence-corrected chi connectivity index (χ0v) is 21.1. The molecule has 1 atom stereocenters. The van der Waals surface area contributed by atoms with Crippen LogP contribution in [-0.2, 0) is 24.2 Å². The zero-order valence-electron chi connectivity index (χ0n) is 18.8. The minimum absolute atomic E-state index is 0. The highest BCUT2D eigenvalue weighted by atomic mass is 127. The lowest BCUT2D eigenvalue weighted by molar-refractivity contribution is -0.0212. The first-order chi connectivity index (χ1) is 14.7. The molecule has 1 heterocycles. The van der Waals surface area contributed by atoms with Crippen molar-refractivity contribution in [1.29, 1.82) is 0 Å². The first-order valence-corrected chi connectivity index (χ1v) is 10.7. The first kappa shape index (κ1) is 25.4. The van der Waals surface area contributed by atoms with E-state index in [-0.39, 0.29) is 24.0 Å². The summed E-state index contributed by atoms with van der Waals surface area (Å²) < 4.78 is 10.8. The van der Waals surface area contributed by atoms with Crippen LogP contribution in [-0.4, -0.2) is 57.4 Å². The number of halogens is 1. The molecule has 3 rings (SSSR count). The van der Waals surface area contributed by atoms with Crippen LogP contribution in [0.5, 0.6) is 5.75 Å². The Hall–Kier alpha value is -1.84. The molecule has 0 spiro atoms. The van der Waals surface area contributed by atoms with Crippen LogP contribution in [0.25, 0.3) is 0 Å². The quantitative estimate of drug-likeness (QED) is 0.307. The van der Waals surface area contributed by atoms with Gasteiger partial charge in [-0.25, -0.2) is 0 Å². The van der Waals surface area contributed by atoms with Gasteiger partial charge >= 0.3 is 0 Å². The Labute approximate surface area is 203 Å². The maximum atomic E-state index is 5.64. The Bertz CT molecular complexity index is 813. The molecule has 0 aromatic heterocycles. The van der Waals surface area contributed by atoms with Crippen LogP contribution in [0.4, 0.5) is 0 Å². The van der Waals surface area contributed by atoms with Gasteiger partial charge in [-0.2, -0.15) is 0 Å². The normalized spacial score (nSPS) is 17.0. The maximum absolute atomic E-state index is 5.64. The van der Waals surface area contributed by atoms with Gasteiger partial charge in [0.25, 0.3) is 0 Å². The Morgan fingerprint density at radius 3 is 2.61 bits per heavy atom. The number of hydrogen-bond acceptors (Lipinski definition) is 4. The van der Waals surface area contributed by atoms with Crippen molar-refractivity contribution < 1.29 is 9.47 Å². The van der Waals surface area contributed by atoms with E-state index in [2.05, 4.69) is 63.8 Å². The van der Waals surface area contributed by atoms with Crippen molar-refractivity contribution >= 4 is 29.9 Å². The molecule has 6 nitrogen and oxygen atoms in total. The number of morpholine rings is 1. The summed E-state index contributed by atoms with van der Waals surface area (Å²) in [7, 11) is 3.49. The predicted molar refractivity (Wildman–Crippen MR) is 137 cm³/mol. The highest BCUT2D eigenvalue weighted by Crippen LogP contribution is 2.13. The minimum Gasteiger partial charge on any atom is -0.497 e. The number of benzene rings is 2. The van der Waals surface area contributed by atoms with E-state index in [4.69, 9.17) is 9.47 Å². The van der Waals surface area contributed by atoms with Crippen LogP contribution in [0.1, 0.15) is 23.6 Å². The zero-order chi connectivity index (χ0) is 21.2. The summed E-state index contributed by atoms with van der Waals surface area (Å²) in [5, 5.41) is 6.80. The third-order valence-corrected chi connectivity index (χ3v) is 5.27. The minimum atomic E-state index is 0. The van der Waals surface area contributed by atoms with Crippen molar-refractivity contribution in [1.82, 2.24) is 15.5 Å². The molecule has 2 N–H and O–H groups in total. The van der Waals surface area contributed by atoms with E-state index in [0.717, 1.165) is 57.5 Å². The largest absolute Gasteiger partial charge is 0.497 e. The number of aliphatic imine (C=N–C) groups is 1. The van der Waals surface area contributed by atoms with Crippen molar-refractivity contribution in [2.45, 2.75) is 32.5 Å². The van der Waals surface area contributed by atoms with Gasteiger partial charge in [-0.1, -0.05) is 36.4 Å². The van der Waals surface area contributed by atoms with Gasteiger partial charge < -0.3 is 20.1 Å². The number of methoxy groups -OCH3 is 1. The van der Waals surface area contributed by atoms with Crippen molar-refractivity contribution in [3.05, 3.63) is 65.2 Å².